The van der Waals surface area contributed by atoms with E-state index in [4.69, 9.17) is 5.11 Å². The van der Waals surface area contributed by atoms with E-state index in [1.165, 1.54) is 16.2 Å². The van der Waals surface area contributed by atoms with Crippen molar-refractivity contribution in [3.8, 4) is 0 Å². The van der Waals surface area contributed by atoms with Gasteiger partial charge in [0.1, 0.15) is 5.01 Å². The van der Waals surface area contributed by atoms with Crippen LogP contribution in [0.5, 0.6) is 0 Å². The predicted octanol–water partition coefficient (Wildman–Crippen LogP) is 2.06. The van der Waals surface area contributed by atoms with Crippen LogP contribution < -0.4 is 5.32 Å². The van der Waals surface area contributed by atoms with E-state index in [-0.39, 0.29) is 24.4 Å². The topological polar surface area (TPSA) is 82.5 Å². The minimum Gasteiger partial charge on any atom is -0.481 e. The van der Waals surface area contributed by atoms with Crippen LogP contribution in [0.1, 0.15) is 37.9 Å². The van der Waals surface area contributed by atoms with Crippen molar-refractivity contribution in [3.63, 3.8) is 0 Å². The zero-order valence-corrected chi connectivity index (χ0v) is 13.1. The summed E-state index contributed by atoms with van der Waals surface area (Å²) >= 11 is 1.51. The molecule has 0 spiro atoms. The smallest absolute Gasteiger partial charge is 0.317 e. The second-order valence-corrected chi connectivity index (χ2v) is 6.54. The van der Waals surface area contributed by atoms with E-state index in [9.17, 15) is 9.59 Å². The largest absolute Gasteiger partial charge is 0.481 e. The Balaban J connectivity index is 2.45. The molecular formula is C13H21N3O3S. The molecule has 0 aliphatic rings. The molecule has 0 fully saturated rings. The van der Waals surface area contributed by atoms with Gasteiger partial charge in [-0.3, -0.25) is 4.79 Å². The first-order valence-electron chi connectivity index (χ1n) is 6.36. The van der Waals surface area contributed by atoms with Crippen LogP contribution in [0.25, 0.3) is 0 Å². The van der Waals surface area contributed by atoms with Crippen molar-refractivity contribution in [3.05, 3.63) is 16.1 Å². The van der Waals surface area contributed by atoms with E-state index >= 15 is 0 Å². The van der Waals surface area contributed by atoms with Crippen molar-refractivity contribution < 1.29 is 14.7 Å². The van der Waals surface area contributed by atoms with Crippen molar-refractivity contribution in [2.24, 2.45) is 0 Å². The average Bonchev–Trinajstić information content (AvgIpc) is 2.81. The van der Waals surface area contributed by atoms with E-state index in [1.807, 2.05) is 5.38 Å². The zero-order chi connectivity index (χ0) is 15.3. The molecule has 0 aromatic carbocycles. The van der Waals surface area contributed by atoms with Gasteiger partial charge in [-0.05, 0) is 0 Å². The number of hydrogen-bond donors (Lipinski definition) is 2. The third-order valence-corrected chi connectivity index (χ3v) is 3.57. The Bertz CT molecular complexity index is 479. The molecule has 0 saturated carbocycles. The summed E-state index contributed by atoms with van der Waals surface area (Å²) in [6.45, 7) is 6.81. The predicted molar refractivity (Wildman–Crippen MR) is 77.9 cm³/mol. The second-order valence-electron chi connectivity index (χ2n) is 5.60. The Kier molecular flexibility index (Phi) is 5.50. The van der Waals surface area contributed by atoms with Crippen molar-refractivity contribution in [2.75, 3.05) is 13.6 Å². The Morgan fingerprint density at radius 1 is 1.45 bits per heavy atom. The van der Waals surface area contributed by atoms with Crippen LogP contribution in [0.2, 0.25) is 0 Å². The van der Waals surface area contributed by atoms with E-state index < -0.39 is 5.97 Å². The van der Waals surface area contributed by atoms with Crippen LogP contribution in [-0.2, 0) is 16.8 Å². The molecule has 0 aliphatic heterocycles. The molecule has 20 heavy (non-hydrogen) atoms. The molecule has 7 heteroatoms. The SMILES string of the molecule is CN(CCC(=O)O)C(=O)NCc1nc(C(C)(C)C)cs1. The summed E-state index contributed by atoms with van der Waals surface area (Å²) in [7, 11) is 1.57. The number of amides is 2. The number of nitrogens with zero attached hydrogens (tertiary/aromatic N) is 2. The van der Waals surface area contributed by atoms with Crippen LogP contribution in [0, 0.1) is 0 Å². The first-order valence-corrected chi connectivity index (χ1v) is 7.23. The lowest BCUT2D eigenvalue weighted by molar-refractivity contribution is -0.137. The van der Waals surface area contributed by atoms with Gasteiger partial charge in [0.15, 0.2) is 0 Å². The molecule has 0 atom stereocenters. The van der Waals surface area contributed by atoms with Crippen LogP contribution >= 0.6 is 11.3 Å². The van der Waals surface area contributed by atoms with Gasteiger partial charge in [0.05, 0.1) is 18.7 Å². The van der Waals surface area contributed by atoms with Gasteiger partial charge >= 0.3 is 12.0 Å². The van der Waals surface area contributed by atoms with E-state index in [0.717, 1.165) is 10.7 Å². The van der Waals surface area contributed by atoms with Crippen LogP contribution in [0.15, 0.2) is 5.38 Å². The van der Waals surface area contributed by atoms with Crippen LogP contribution in [-0.4, -0.2) is 40.6 Å². The fourth-order valence-corrected chi connectivity index (χ4v) is 2.35. The van der Waals surface area contributed by atoms with Crippen LogP contribution in [0.4, 0.5) is 4.79 Å². The molecule has 0 aliphatic carbocycles. The lowest BCUT2D eigenvalue weighted by Gasteiger charge is -2.16. The molecule has 6 nitrogen and oxygen atoms in total. The summed E-state index contributed by atoms with van der Waals surface area (Å²) in [6.07, 6.45) is -0.0602. The lowest BCUT2D eigenvalue weighted by Crippen LogP contribution is -2.38. The van der Waals surface area contributed by atoms with Gasteiger partial charge in [0.2, 0.25) is 0 Å². The molecule has 1 heterocycles. The van der Waals surface area contributed by atoms with Gasteiger partial charge in [-0.25, -0.2) is 9.78 Å². The fraction of sp³-hybridized carbons (Fsp3) is 0.615. The Morgan fingerprint density at radius 2 is 2.10 bits per heavy atom. The number of rotatable bonds is 5. The molecule has 0 unspecified atom stereocenters. The molecule has 112 valence electrons. The number of thiazole rings is 1. The highest BCUT2D eigenvalue weighted by Gasteiger charge is 2.17. The minimum absolute atomic E-state index is 0.00294. The molecule has 0 bridgehead atoms. The number of aromatic nitrogens is 1. The first kappa shape index (κ1) is 16.4. The molecule has 1 aromatic rings. The summed E-state index contributed by atoms with van der Waals surface area (Å²) in [5.74, 6) is -0.917. The number of aliphatic carboxylic acids is 1. The highest BCUT2D eigenvalue weighted by Crippen LogP contribution is 2.23. The number of carboxylic acids is 1. The van der Waals surface area contributed by atoms with Crippen molar-refractivity contribution >= 4 is 23.3 Å². The standard InChI is InChI=1S/C13H21N3O3S/c1-13(2,3)9-8-20-10(15-9)7-14-12(19)16(4)6-5-11(17)18/h8H,5-7H2,1-4H3,(H,14,19)(H,17,18). The molecule has 2 N–H and O–H groups in total. The molecule has 1 aromatic heterocycles. The third-order valence-electron chi connectivity index (χ3n) is 2.72. The highest BCUT2D eigenvalue weighted by molar-refractivity contribution is 7.09. The maximum atomic E-state index is 11.7. The van der Waals surface area contributed by atoms with Gasteiger partial charge < -0.3 is 15.3 Å². The number of carbonyl (C=O) groups is 2. The maximum absolute atomic E-state index is 11.7. The molecular weight excluding hydrogens is 278 g/mol. The quantitative estimate of drug-likeness (QED) is 0.872. The van der Waals surface area contributed by atoms with E-state index in [0.29, 0.717) is 6.54 Å². The van der Waals surface area contributed by atoms with Crippen molar-refractivity contribution in [2.45, 2.75) is 39.2 Å². The second kappa shape index (κ2) is 6.69. The summed E-state index contributed by atoms with van der Waals surface area (Å²) in [5.41, 5.74) is 1.00. The Morgan fingerprint density at radius 3 is 2.60 bits per heavy atom. The molecule has 1 rings (SSSR count). The Labute approximate surface area is 122 Å². The fourth-order valence-electron chi connectivity index (χ4n) is 1.39. The zero-order valence-electron chi connectivity index (χ0n) is 12.3. The summed E-state index contributed by atoms with van der Waals surface area (Å²) in [6, 6.07) is -0.293. The number of carbonyl (C=O) groups excluding carboxylic acids is 1. The molecule has 2 amide bonds. The van der Waals surface area contributed by atoms with Gasteiger partial charge in [0, 0.05) is 24.4 Å². The minimum atomic E-state index is -0.917. The average molecular weight is 299 g/mol. The van der Waals surface area contributed by atoms with E-state index in [1.54, 1.807) is 7.05 Å². The highest BCUT2D eigenvalue weighted by atomic mass is 32.1. The van der Waals surface area contributed by atoms with Gasteiger partial charge in [-0.15, -0.1) is 11.3 Å². The van der Waals surface area contributed by atoms with Gasteiger partial charge in [0.25, 0.3) is 0 Å². The summed E-state index contributed by atoms with van der Waals surface area (Å²) in [5, 5.41) is 14.1. The Hall–Kier alpha value is -1.63. The van der Waals surface area contributed by atoms with Crippen molar-refractivity contribution in [1.82, 2.24) is 15.2 Å². The monoisotopic (exact) mass is 299 g/mol. The van der Waals surface area contributed by atoms with Crippen LogP contribution in [0.3, 0.4) is 0 Å². The normalized spacial score (nSPS) is 11.2. The number of carboxylic acid groups (broad SMARTS) is 1. The van der Waals surface area contributed by atoms with E-state index in [2.05, 4.69) is 31.1 Å². The third kappa shape index (κ3) is 5.16. The number of nitrogens with one attached hydrogen (secondary N) is 1. The summed E-state index contributed by atoms with van der Waals surface area (Å²) in [4.78, 5) is 28.0. The lowest BCUT2D eigenvalue weighted by atomic mass is 9.93. The summed E-state index contributed by atoms with van der Waals surface area (Å²) < 4.78 is 0. The van der Waals surface area contributed by atoms with Crippen molar-refractivity contribution in [1.29, 1.82) is 0 Å². The maximum Gasteiger partial charge on any atom is 0.317 e. The van der Waals surface area contributed by atoms with Gasteiger partial charge in [-0.1, -0.05) is 20.8 Å². The van der Waals surface area contributed by atoms with Gasteiger partial charge in [-0.2, -0.15) is 0 Å². The molecule has 0 saturated heterocycles. The molecule has 0 radical (unpaired) electrons. The number of urea groups is 1. The first-order chi connectivity index (χ1) is 9.20. The number of hydrogen-bond acceptors (Lipinski definition) is 4.